The van der Waals surface area contributed by atoms with Crippen LogP contribution in [0.3, 0.4) is 0 Å². The molecule has 120 valence electrons. The summed E-state index contributed by atoms with van der Waals surface area (Å²) in [4.78, 5) is 23.8. The van der Waals surface area contributed by atoms with Gasteiger partial charge in [-0.15, -0.1) is 0 Å². The fraction of sp³-hybridized carbons (Fsp3) is 0.444. The van der Waals surface area contributed by atoms with Gasteiger partial charge in [0.15, 0.2) is 0 Å². The fourth-order valence-electron chi connectivity index (χ4n) is 3.43. The standard InChI is InChI=1S/C18H22N4O/c1-20-7-9-21(10-8-20)16-12-22(13-16)18(23)15-4-5-17-14(11-15)3-2-6-19-17/h2-6,11,16H,7-10,12-13H2,1H3. The van der Waals surface area contributed by atoms with Crippen LogP contribution in [-0.2, 0) is 0 Å². The monoisotopic (exact) mass is 310 g/mol. The van der Waals surface area contributed by atoms with E-state index in [0.717, 1.165) is 55.7 Å². The number of carbonyl (C=O) groups excluding carboxylic acids is 1. The average molecular weight is 310 g/mol. The first-order valence-corrected chi connectivity index (χ1v) is 8.27. The van der Waals surface area contributed by atoms with Crippen LogP contribution in [-0.4, -0.2) is 77.9 Å². The molecule has 4 rings (SSSR count). The molecule has 5 heteroatoms. The lowest BCUT2D eigenvalue weighted by Gasteiger charge is -2.47. The number of amides is 1. The van der Waals surface area contributed by atoms with Crippen molar-refractivity contribution < 1.29 is 4.79 Å². The zero-order valence-electron chi connectivity index (χ0n) is 13.5. The molecule has 2 aromatic rings. The maximum atomic E-state index is 12.6. The SMILES string of the molecule is CN1CCN(C2CN(C(=O)c3ccc4ncccc4c3)C2)CC1. The lowest BCUT2D eigenvalue weighted by Crippen LogP contribution is -2.63. The molecule has 3 heterocycles. The molecule has 0 aliphatic carbocycles. The second-order valence-electron chi connectivity index (χ2n) is 6.61. The van der Waals surface area contributed by atoms with E-state index >= 15 is 0 Å². The first kappa shape index (κ1) is 14.6. The number of likely N-dealkylation sites (N-methyl/N-ethyl adjacent to an activating group) is 1. The zero-order valence-corrected chi connectivity index (χ0v) is 13.5. The Morgan fingerprint density at radius 1 is 1.13 bits per heavy atom. The van der Waals surface area contributed by atoms with Gasteiger partial charge in [-0.2, -0.15) is 0 Å². The molecule has 2 fully saturated rings. The average Bonchev–Trinajstić information content (AvgIpc) is 2.54. The molecule has 1 aromatic carbocycles. The van der Waals surface area contributed by atoms with E-state index in [4.69, 9.17) is 0 Å². The first-order valence-electron chi connectivity index (χ1n) is 8.27. The molecule has 2 aliphatic heterocycles. The number of aromatic nitrogens is 1. The Morgan fingerprint density at radius 2 is 1.91 bits per heavy atom. The van der Waals surface area contributed by atoms with Gasteiger partial charge in [-0.3, -0.25) is 14.7 Å². The van der Waals surface area contributed by atoms with Crippen LogP contribution in [0.5, 0.6) is 0 Å². The van der Waals surface area contributed by atoms with E-state index in [2.05, 4.69) is 21.8 Å². The van der Waals surface area contributed by atoms with Crippen LogP contribution >= 0.6 is 0 Å². The van der Waals surface area contributed by atoms with E-state index in [1.165, 1.54) is 0 Å². The molecule has 2 aliphatic rings. The predicted molar refractivity (Wildman–Crippen MR) is 90.5 cm³/mol. The summed E-state index contributed by atoms with van der Waals surface area (Å²) < 4.78 is 0. The Balaban J connectivity index is 1.40. The largest absolute Gasteiger partial charge is 0.335 e. The van der Waals surface area contributed by atoms with Gasteiger partial charge >= 0.3 is 0 Å². The van der Waals surface area contributed by atoms with Crippen molar-refractivity contribution in [1.82, 2.24) is 19.7 Å². The van der Waals surface area contributed by atoms with Gasteiger partial charge in [-0.05, 0) is 31.3 Å². The van der Waals surface area contributed by atoms with E-state index in [1.807, 2.05) is 35.2 Å². The summed E-state index contributed by atoms with van der Waals surface area (Å²) in [7, 11) is 2.17. The van der Waals surface area contributed by atoms with Crippen LogP contribution in [0.4, 0.5) is 0 Å². The Labute approximate surface area is 136 Å². The van der Waals surface area contributed by atoms with Gasteiger partial charge in [0.1, 0.15) is 0 Å². The topological polar surface area (TPSA) is 39.7 Å². The third-order valence-corrected chi connectivity index (χ3v) is 5.05. The summed E-state index contributed by atoms with van der Waals surface area (Å²) in [6.45, 7) is 6.20. The number of pyridine rings is 1. The van der Waals surface area contributed by atoms with Crippen LogP contribution in [0.15, 0.2) is 36.5 Å². The maximum Gasteiger partial charge on any atom is 0.253 e. The van der Waals surface area contributed by atoms with Gasteiger partial charge < -0.3 is 9.80 Å². The normalized spacial score (nSPS) is 20.7. The second-order valence-corrected chi connectivity index (χ2v) is 6.61. The third-order valence-electron chi connectivity index (χ3n) is 5.05. The molecule has 0 spiro atoms. The van der Waals surface area contributed by atoms with Crippen LogP contribution in [0, 0.1) is 0 Å². The van der Waals surface area contributed by atoms with Gasteiger partial charge in [-0.1, -0.05) is 6.07 Å². The van der Waals surface area contributed by atoms with Crippen molar-refractivity contribution in [3.63, 3.8) is 0 Å². The van der Waals surface area contributed by atoms with E-state index in [1.54, 1.807) is 6.20 Å². The Bertz CT molecular complexity index is 718. The van der Waals surface area contributed by atoms with Gasteiger partial charge in [0.05, 0.1) is 5.52 Å². The van der Waals surface area contributed by atoms with Crippen molar-refractivity contribution in [2.75, 3.05) is 46.3 Å². The summed E-state index contributed by atoms with van der Waals surface area (Å²) >= 11 is 0. The molecule has 0 atom stereocenters. The molecular formula is C18H22N4O. The molecule has 23 heavy (non-hydrogen) atoms. The van der Waals surface area contributed by atoms with E-state index in [0.29, 0.717) is 6.04 Å². The van der Waals surface area contributed by atoms with Gasteiger partial charge in [0.2, 0.25) is 0 Å². The molecule has 0 radical (unpaired) electrons. The van der Waals surface area contributed by atoms with E-state index in [-0.39, 0.29) is 5.91 Å². The zero-order chi connectivity index (χ0) is 15.8. The van der Waals surface area contributed by atoms with Crippen LogP contribution in [0.1, 0.15) is 10.4 Å². The fourth-order valence-corrected chi connectivity index (χ4v) is 3.43. The molecule has 5 nitrogen and oxygen atoms in total. The smallest absolute Gasteiger partial charge is 0.253 e. The number of hydrogen-bond donors (Lipinski definition) is 0. The van der Waals surface area contributed by atoms with Gasteiger partial charge in [0.25, 0.3) is 5.91 Å². The molecule has 1 amide bonds. The highest BCUT2D eigenvalue weighted by Gasteiger charge is 2.35. The maximum absolute atomic E-state index is 12.6. The molecular weight excluding hydrogens is 288 g/mol. The highest BCUT2D eigenvalue weighted by atomic mass is 16.2. The number of rotatable bonds is 2. The first-order chi connectivity index (χ1) is 11.2. The van der Waals surface area contributed by atoms with Crippen molar-refractivity contribution in [2.24, 2.45) is 0 Å². The molecule has 2 saturated heterocycles. The minimum absolute atomic E-state index is 0.140. The predicted octanol–water partition coefficient (Wildman–Crippen LogP) is 1.31. The summed E-state index contributed by atoms with van der Waals surface area (Å²) in [5.41, 5.74) is 1.70. The number of fused-ring (bicyclic) bond motifs is 1. The minimum Gasteiger partial charge on any atom is -0.335 e. The number of benzene rings is 1. The minimum atomic E-state index is 0.140. The summed E-state index contributed by atoms with van der Waals surface area (Å²) in [5, 5.41) is 1.02. The second kappa shape index (κ2) is 5.91. The highest BCUT2D eigenvalue weighted by Crippen LogP contribution is 2.21. The van der Waals surface area contributed by atoms with Crippen molar-refractivity contribution in [3.8, 4) is 0 Å². The van der Waals surface area contributed by atoms with Crippen molar-refractivity contribution in [1.29, 1.82) is 0 Å². The molecule has 0 unspecified atom stereocenters. The Morgan fingerprint density at radius 3 is 2.70 bits per heavy atom. The van der Waals surface area contributed by atoms with Crippen LogP contribution in [0.25, 0.3) is 10.9 Å². The van der Waals surface area contributed by atoms with Crippen LogP contribution in [0.2, 0.25) is 0 Å². The quantitative estimate of drug-likeness (QED) is 0.838. The van der Waals surface area contributed by atoms with Crippen molar-refractivity contribution in [3.05, 3.63) is 42.1 Å². The summed E-state index contributed by atoms with van der Waals surface area (Å²) in [6, 6.07) is 10.2. The summed E-state index contributed by atoms with van der Waals surface area (Å²) in [5.74, 6) is 0.140. The lowest BCUT2D eigenvalue weighted by atomic mass is 10.0. The molecule has 0 bridgehead atoms. The van der Waals surface area contributed by atoms with Gasteiger partial charge in [-0.25, -0.2) is 0 Å². The lowest BCUT2D eigenvalue weighted by molar-refractivity contribution is 0.0110. The third kappa shape index (κ3) is 2.82. The van der Waals surface area contributed by atoms with Crippen molar-refractivity contribution >= 4 is 16.8 Å². The van der Waals surface area contributed by atoms with E-state index in [9.17, 15) is 4.79 Å². The number of piperazine rings is 1. The van der Waals surface area contributed by atoms with Crippen LogP contribution < -0.4 is 0 Å². The Kier molecular flexibility index (Phi) is 3.75. The molecule has 1 aromatic heterocycles. The molecule has 0 saturated carbocycles. The number of likely N-dealkylation sites (tertiary alicyclic amines) is 1. The molecule has 0 N–H and O–H groups in total. The van der Waals surface area contributed by atoms with E-state index < -0.39 is 0 Å². The van der Waals surface area contributed by atoms with Crippen molar-refractivity contribution in [2.45, 2.75) is 6.04 Å². The summed E-state index contributed by atoms with van der Waals surface area (Å²) in [6.07, 6.45) is 1.78. The number of hydrogen-bond acceptors (Lipinski definition) is 4. The number of nitrogens with zero attached hydrogens (tertiary/aromatic N) is 4. The Hall–Kier alpha value is -1.98. The highest BCUT2D eigenvalue weighted by molar-refractivity contribution is 5.98. The number of carbonyl (C=O) groups is 1. The van der Waals surface area contributed by atoms with Gasteiger partial charge in [0, 0.05) is 62.5 Å².